The molecule has 0 fully saturated rings. The van der Waals surface area contributed by atoms with Gasteiger partial charge in [-0.1, -0.05) is 55.5 Å². The number of amides is 1. The van der Waals surface area contributed by atoms with Crippen molar-refractivity contribution in [2.45, 2.75) is 26.3 Å². The Morgan fingerprint density at radius 2 is 1.67 bits per heavy atom. The van der Waals surface area contributed by atoms with Crippen molar-refractivity contribution in [3.63, 3.8) is 0 Å². The fourth-order valence-electron chi connectivity index (χ4n) is 3.84. The smallest absolute Gasteiger partial charge is 0.266 e. The van der Waals surface area contributed by atoms with Crippen LogP contribution in [0.1, 0.15) is 31.3 Å². The van der Waals surface area contributed by atoms with Crippen molar-refractivity contribution in [2.24, 2.45) is 0 Å². The Bertz CT molecular complexity index is 1330. The normalized spacial score (nSPS) is 11.8. The van der Waals surface area contributed by atoms with Crippen LogP contribution in [0.25, 0.3) is 16.6 Å². The van der Waals surface area contributed by atoms with Gasteiger partial charge in [0.05, 0.1) is 22.6 Å². The molecule has 0 radical (unpaired) electrons. The fraction of sp³-hybridized carbons (Fsp3) is 0.222. The molecule has 1 aromatic heterocycles. The molecule has 1 heterocycles. The van der Waals surface area contributed by atoms with Gasteiger partial charge in [-0.2, -0.15) is 0 Å². The summed E-state index contributed by atoms with van der Waals surface area (Å²) >= 11 is 0. The molecule has 168 valence electrons. The maximum atomic E-state index is 13.6. The number of rotatable bonds is 7. The molecule has 4 aromatic rings. The van der Waals surface area contributed by atoms with Crippen molar-refractivity contribution in [3.05, 3.63) is 101 Å². The Hall–Kier alpha value is -3.93. The van der Waals surface area contributed by atoms with Crippen molar-refractivity contribution in [1.29, 1.82) is 0 Å². The number of fused-ring (bicyclic) bond motifs is 1. The first kappa shape index (κ1) is 22.3. The third-order valence-corrected chi connectivity index (χ3v) is 5.87. The number of likely N-dealkylation sites (N-methyl/N-ethyl adjacent to an activating group) is 1. The van der Waals surface area contributed by atoms with Crippen molar-refractivity contribution in [1.82, 2.24) is 14.5 Å². The lowest BCUT2D eigenvalue weighted by Gasteiger charge is -2.27. The second kappa shape index (κ2) is 9.69. The third kappa shape index (κ3) is 4.51. The van der Waals surface area contributed by atoms with Gasteiger partial charge in [0.2, 0.25) is 0 Å². The number of carbonyl (C=O) groups is 1. The van der Waals surface area contributed by atoms with E-state index in [4.69, 9.17) is 9.72 Å². The summed E-state index contributed by atoms with van der Waals surface area (Å²) < 4.78 is 7.29. The number of para-hydroxylation sites is 3. The molecule has 3 aromatic carbocycles. The third-order valence-electron chi connectivity index (χ3n) is 5.87. The fourth-order valence-corrected chi connectivity index (χ4v) is 3.84. The summed E-state index contributed by atoms with van der Waals surface area (Å²) in [5.41, 5.74) is 2.28. The van der Waals surface area contributed by atoms with Gasteiger partial charge in [0, 0.05) is 7.05 Å². The minimum Gasteiger partial charge on any atom is -0.484 e. The quantitative estimate of drug-likeness (QED) is 0.422. The van der Waals surface area contributed by atoms with Gasteiger partial charge in [-0.15, -0.1) is 0 Å². The Labute approximate surface area is 193 Å². The van der Waals surface area contributed by atoms with Crippen molar-refractivity contribution >= 4 is 16.8 Å². The van der Waals surface area contributed by atoms with Crippen LogP contribution in [0.5, 0.6) is 5.75 Å². The molecule has 6 nitrogen and oxygen atoms in total. The van der Waals surface area contributed by atoms with Crippen LogP contribution in [0, 0.1) is 0 Å². The van der Waals surface area contributed by atoms with Crippen molar-refractivity contribution in [3.8, 4) is 11.4 Å². The number of benzene rings is 3. The van der Waals surface area contributed by atoms with E-state index < -0.39 is 6.04 Å². The van der Waals surface area contributed by atoms with Crippen LogP contribution in [0.4, 0.5) is 0 Å². The minimum absolute atomic E-state index is 0.103. The van der Waals surface area contributed by atoms with Gasteiger partial charge < -0.3 is 9.64 Å². The molecule has 1 unspecified atom stereocenters. The van der Waals surface area contributed by atoms with E-state index in [9.17, 15) is 9.59 Å². The van der Waals surface area contributed by atoms with E-state index in [1.807, 2.05) is 67.6 Å². The van der Waals surface area contributed by atoms with E-state index in [2.05, 4.69) is 6.92 Å². The van der Waals surface area contributed by atoms with Crippen LogP contribution < -0.4 is 10.3 Å². The molecule has 33 heavy (non-hydrogen) atoms. The number of ether oxygens (including phenoxy) is 1. The molecule has 0 N–H and O–H groups in total. The maximum Gasteiger partial charge on any atom is 0.266 e. The van der Waals surface area contributed by atoms with Crippen molar-refractivity contribution in [2.75, 3.05) is 13.7 Å². The average molecular weight is 442 g/mol. The standard InChI is InChI=1S/C27H27N3O3/c1-4-20-12-8-11-17-24(20)30-26(28-23-16-10-9-15-22(23)27(30)32)19(2)29(3)25(31)18-33-21-13-6-5-7-14-21/h5-17,19H,4,18H2,1-3H3. The van der Waals surface area contributed by atoms with E-state index in [0.717, 1.165) is 17.7 Å². The molecule has 0 aliphatic heterocycles. The lowest BCUT2D eigenvalue weighted by Crippen LogP contribution is -2.37. The molecule has 0 aliphatic rings. The molecule has 6 heteroatoms. The molecule has 0 saturated heterocycles. The first-order chi connectivity index (χ1) is 16.0. The molecule has 0 saturated carbocycles. The van der Waals surface area contributed by atoms with Gasteiger partial charge in [0.25, 0.3) is 11.5 Å². The lowest BCUT2D eigenvalue weighted by molar-refractivity contribution is -0.134. The van der Waals surface area contributed by atoms with Crippen LogP contribution in [0.2, 0.25) is 0 Å². The Morgan fingerprint density at radius 1 is 1.00 bits per heavy atom. The summed E-state index contributed by atoms with van der Waals surface area (Å²) in [4.78, 5) is 33.0. The van der Waals surface area contributed by atoms with Crippen LogP contribution in [0.15, 0.2) is 83.7 Å². The Morgan fingerprint density at radius 3 is 2.42 bits per heavy atom. The highest BCUT2D eigenvalue weighted by molar-refractivity contribution is 5.79. The zero-order chi connectivity index (χ0) is 23.4. The number of hydrogen-bond acceptors (Lipinski definition) is 4. The van der Waals surface area contributed by atoms with Gasteiger partial charge in [-0.25, -0.2) is 4.98 Å². The highest BCUT2D eigenvalue weighted by atomic mass is 16.5. The number of aryl methyl sites for hydroxylation is 1. The molecule has 1 atom stereocenters. The summed E-state index contributed by atoms with van der Waals surface area (Å²) in [6, 6.07) is 23.9. The van der Waals surface area contributed by atoms with E-state index in [1.54, 1.807) is 34.7 Å². The summed E-state index contributed by atoms with van der Waals surface area (Å²) in [7, 11) is 1.71. The first-order valence-corrected chi connectivity index (χ1v) is 11.0. The van der Waals surface area contributed by atoms with Crippen LogP contribution in [-0.4, -0.2) is 34.0 Å². The summed E-state index contributed by atoms with van der Waals surface area (Å²) in [6.07, 6.45) is 0.767. The SMILES string of the molecule is CCc1ccccc1-n1c(C(C)N(C)C(=O)COc2ccccc2)nc2ccccc2c1=O. The Balaban J connectivity index is 1.75. The molecule has 1 amide bonds. The molecule has 0 spiro atoms. The van der Waals surface area contributed by atoms with E-state index in [0.29, 0.717) is 22.5 Å². The van der Waals surface area contributed by atoms with Gasteiger partial charge >= 0.3 is 0 Å². The molecule has 0 aliphatic carbocycles. The first-order valence-electron chi connectivity index (χ1n) is 11.0. The average Bonchev–Trinajstić information content (AvgIpc) is 2.87. The zero-order valence-electron chi connectivity index (χ0n) is 19.1. The lowest BCUT2D eigenvalue weighted by atomic mass is 10.1. The van der Waals surface area contributed by atoms with E-state index in [-0.39, 0.29) is 18.1 Å². The predicted molar refractivity (Wildman–Crippen MR) is 130 cm³/mol. The van der Waals surface area contributed by atoms with Gasteiger partial charge in [0.1, 0.15) is 11.6 Å². The van der Waals surface area contributed by atoms with Crippen LogP contribution >= 0.6 is 0 Å². The summed E-state index contributed by atoms with van der Waals surface area (Å²) in [6.45, 7) is 3.83. The summed E-state index contributed by atoms with van der Waals surface area (Å²) in [5.74, 6) is 0.934. The number of nitrogens with zero attached hydrogens (tertiary/aromatic N) is 3. The highest BCUT2D eigenvalue weighted by Crippen LogP contribution is 2.24. The summed E-state index contributed by atoms with van der Waals surface area (Å²) in [5, 5.41) is 0.542. The predicted octanol–water partition coefficient (Wildman–Crippen LogP) is 4.55. The largest absolute Gasteiger partial charge is 0.484 e. The van der Waals surface area contributed by atoms with E-state index in [1.165, 1.54) is 0 Å². The van der Waals surface area contributed by atoms with Gasteiger partial charge in [0.15, 0.2) is 6.61 Å². The van der Waals surface area contributed by atoms with Crippen LogP contribution in [0.3, 0.4) is 0 Å². The zero-order valence-corrected chi connectivity index (χ0v) is 19.1. The maximum absolute atomic E-state index is 13.6. The Kier molecular flexibility index (Phi) is 6.54. The second-order valence-electron chi connectivity index (χ2n) is 7.89. The number of hydrogen-bond donors (Lipinski definition) is 0. The van der Waals surface area contributed by atoms with Crippen LogP contribution in [-0.2, 0) is 11.2 Å². The highest BCUT2D eigenvalue weighted by Gasteiger charge is 2.25. The number of aromatic nitrogens is 2. The monoisotopic (exact) mass is 441 g/mol. The molecular weight excluding hydrogens is 414 g/mol. The van der Waals surface area contributed by atoms with E-state index >= 15 is 0 Å². The molecule has 4 rings (SSSR count). The molecular formula is C27H27N3O3. The number of carbonyl (C=O) groups excluding carboxylic acids is 1. The van der Waals surface area contributed by atoms with Gasteiger partial charge in [-0.05, 0) is 49.2 Å². The minimum atomic E-state index is -0.459. The van der Waals surface area contributed by atoms with Crippen molar-refractivity contribution < 1.29 is 9.53 Å². The van der Waals surface area contributed by atoms with Gasteiger partial charge in [-0.3, -0.25) is 14.2 Å². The topological polar surface area (TPSA) is 64.4 Å². The second-order valence-corrected chi connectivity index (χ2v) is 7.89. The molecule has 0 bridgehead atoms.